The van der Waals surface area contributed by atoms with Crippen LogP contribution in [-0.4, -0.2) is 64.6 Å². The first-order chi connectivity index (χ1) is 16.0. The summed E-state index contributed by atoms with van der Waals surface area (Å²) in [6, 6.07) is 4.49. The van der Waals surface area contributed by atoms with E-state index in [1.54, 1.807) is 13.8 Å². The molecule has 0 bridgehead atoms. The van der Waals surface area contributed by atoms with Gasteiger partial charge in [0.15, 0.2) is 0 Å². The van der Waals surface area contributed by atoms with Gasteiger partial charge in [0.1, 0.15) is 18.1 Å². The van der Waals surface area contributed by atoms with Crippen LogP contribution in [0.4, 0.5) is 0 Å². The Labute approximate surface area is 203 Å². The summed E-state index contributed by atoms with van der Waals surface area (Å²) in [5.74, 6) is -4.82. The summed E-state index contributed by atoms with van der Waals surface area (Å²) in [6.45, 7) is 3.48. The van der Waals surface area contributed by atoms with Crippen LogP contribution in [-0.2, 0) is 30.4 Å². The fourth-order valence-corrected chi connectivity index (χ4v) is 3.31. The highest BCUT2D eigenvalue weighted by Gasteiger charge is 2.32. The summed E-state index contributed by atoms with van der Waals surface area (Å²) in [6.07, 6.45) is 0.143. The number of primary amides is 1. The Morgan fingerprint density at radius 3 is 2.06 bits per heavy atom. The fourth-order valence-electron chi connectivity index (χ4n) is 3.05. The van der Waals surface area contributed by atoms with E-state index in [1.807, 2.05) is 30.3 Å². The van der Waals surface area contributed by atoms with Crippen molar-refractivity contribution in [3.8, 4) is 0 Å². The van der Waals surface area contributed by atoms with E-state index < -0.39 is 60.2 Å². The molecule has 1 aromatic carbocycles. The van der Waals surface area contributed by atoms with Gasteiger partial charge in [0.25, 0.3) is 0 Å². The van der Waals surface area contributed by atoms with E-state index >= 15 is 0 Å². The Kier molecular flexibility index (Phi) is 12.1. The third-order valence-electron chi connectivity index (χ3n) is 5.26. The number of hydrogen-bond acceptors (Lipinski definition) is 7. The number of amides is 4. The van der Waals surface area contributed by atoms with Crippen molar-refractivity contribution in [2.24, 2.45) is 17.4 Å². The molecule has 1 aromatic rings. The number of hydrogen-bond donors (Lipinski definition) is 7. The van der Waals surface area contributed by atoms with Gasteiger partial charge < -0.3 is 32.5 Å². The van der Waals surface area contributed by atoms with E-state index in [0.717, 1.165) is 5.56 Å². The van der Waals surface area contributed by atoms with Gasteiger partial charge in [-0.3, -0.25) is 19.2 Å². The van der Waals surface area contributed by atoms with Crippen LogP contribution in [0, 0.1) is 5.92 Å². The van der Waals surface area contributed by atoms with Crippen molar-refractivity contribution in [3.05, 3.63) is 35.9 Å². The number of rotatable bonds is 14. The largest absolute Gasteiger partial charge is 0.480 e. The molecule has 0 saturated heterocycles. The predicted octanol–water partition coefficient (Wildman–Crippen LogP) is -1.05. The monoisotopic (exact) mass is 495 g/mol. The Morgan fingerprint density at radius 2 is 1.56 bits per heavy atom. The maximum absolute atomic E-state index is 12.8. The maximum Gasteiger partial charge on any atom is 0.326 e. The van der Waals surface area contributed by atoms with Gasteiger partial charge in [0.2, 0.25) is 23.6 Å². The average molecular weight is 496 g/mol. The minimum absolute atomic E-state index is 0.0656. The molecule has 34 heavy (non-hydrogen) atoms. The van der Waals surface area contributed by atoms with Gasteiger partial charge >= 0.3 is 5.97 Å². The molecule has 0 aliphatic carbocycles. The van der Waals surface area contributed by atoms with Crippen molar-refractivity contribution in [1.82, 2.24) is 16.0 Å². The molecule has 0 spiro atoms. The van der Waals surface area contributed by atoms with Gasteiger partial charge in [-0.05, 0) is 17.9 Å². The van der Waals surface area contributed by atoms with Gasteiger partial charge in [-0.15, -0.1) is 0 Å². The van der Waals surface area contributed by atoms with Crippen LogP contribution < -0.4 is 27.4 Å². The predicted molar refractivity (Wildman–Crippen MR) is 129 cm³/mol. The van der Waals surface area contributed by atoms with Crippen LogP contribution in [0.3, 0.4) is 0 Å². The SMILES string of the molecule is CCC(C)C(NC(=O)C(CS)NC(=O)C(N)Cc1ccccc1)C(=O)NC(CC(N)=O)C(=O)O. The second-order valence-corrected chi connectivity index (χ2v) is 8.35. The number of nitrogens with one attached hydrogen (secondary N) is 3. The minimum atomic E-state index is -1.54. The van der Waals surface area contributed by atoms with Crippen LogP contribution in [0.15, 0.2) is 30.3 Å². The molecular weight excluding hydrogens is 462 g/mol. The second kappa shape index (κ2) is 14.2. The zero-order valence-electron chi connectivity index (χ0n) is 19.2. The fraction of sp³-hybridized carbons (Fsp3) is 0.500. The molecule has 0 aromatic heterocycles. The van der Waals surface area contributed by atoms with Gasteiger partial charge in [-0.25, -0.2) is 4.79 Å². The van der Waals surface area contributed by atoms with Crippen molar-refractivity contribution >= 4 is 42.2 Å². The molecular formula is C22H33N5O6S. The zero-order chi connectivity index (χ0) is 25.8. The standard InChI is InChI=1S/C22H33N5O6S/c1-3-12(2)18(21(31)25-15(22(32)33)10-17(24)28)27-20(30)16(11-34)26-19(29)14(23)9-13-7-5-4-6-8-13/h4-8,12,14-16,18,34H,3,9-11,23H2,1-2H3,(H2,24,28)(H,25,31)(H,26,29)(H,27,30)(H,32,33). The first-order valence-electron chi connectivity index (χ1n) is 10.8. The lowest BCUT2D eigenvalue weighted by Crippen LogP contribution is -2.59. The molecule has 1 rings (SSSR count). The van der Waals surface area contributed by atoms with Crippen molar-refractivity contribution in [3.63, 3.8) is 0 Å². The summed E-state index contributed by atoms with van der Waals surface area (Å²) >= 11 is 4.12. The summed E-state index contributed by atoms with van der Waals surface area (Å²) in [4.78, 5) is 60.6. The number of carboxylic acid groups (broad SMARTS) is 1. The highest BCUT2D eigenvalue weighted by Crippen LogP contribution is 2.10. The smallest absolute Gasteiger partial charge is 0.326 e. The molecule has 12 heteroatoms. The van der Waals surface area contributed by atoms with Gasteiger partial charge in [-0.2, -0.15) is 12.6 Å². The minimum Gasteiger partial charge on any atom is -0.480 e. The van der Waals surface area contributed by atoms with Crippen LogP contribution >= 0.6 is 12.6 Å². The Balaban J connectivity index is 2.86. The van der Waals surface area contributed by atoms with Crippen molar-refractivity contribution < 1.29 is 29.1 Å². The quantitative estimate of drug-likeness (QED) is 0.160. The van der Waals surface area contributed by atoms with Crippen LogP contribution in [0.1, 0.15) is 32.3 Å². The van der Waals surface area contributed by atoms with Gasteiger partial charge in [-0.1, -0.05) is 50.6 Å². The molecule has 0 fully saturated rings. The average Bonchev–Trinajstić information content (AvgIpc) is 2.79. The van der Waals surface area contributed by atoms with Crippen molar-refractivity contribution in [1.29, 1.82) is 0 Å². The first-order valence-corrected chi connectivity index (χ1v) is 11.5. The Hall–Kier alpha value is -3.12. The number of carbonyl (C=O) groups excluding carboxylic acids is 4. The van der Waals surface area contributed by atoms with Gasteiger partial charge in [0.05, 0.1) is 12.5 Å². The van der Waals surface area contributed by atoms with Crippen LogP contribution in [0.5, 0.6) is 0 Å². The summed E-state index contributed by atoms with van der Waals surface area (Å²) < 4.78 is 0. The molecule has 5 unspecified atom stereocenters. The zero-order valence-corrected chi connectivity index (χ0v) is 20.1. The Morgan fingerprint density at radius 1 is 0.971 bits per heavy atom. The molecule has 4 amide bonds. The topological polar surface area (TPSA) is 194 Å². The van der Waals surface area contributed by atoms with Crippen LogP contribution in [0.2, 0.25) is 0 Å². The second-order valence-electron chi connectivity index (χ2n) is 7.98. The van der Waals surface area contributed by atoms with Crippen LogP contribution in [0.25, 0.3) is 0 Å². The number of thiol groups is 1. The number of benzene rings is 1. The summed E-state index contributed by atoms with van der Waals surface area (Å²) in [5, 5.41) is 16.5. The Bertz CT molecular complexity index is 869. The lowest BCUT2D eigenvalue weighted by molar-refractivity contribution is -0.144. The molecule has 11 nitrogen and oxygen atoms in total. The van der Waals surface area contributed by atoms with E-state index in [4.69, 9.17) is 11.5 Å². The lowest BCUT2D eigenvalue weighted by Gasteiger charge is -2.27. The van der Waals surface area contributed by atoms with Gasteiger partial charge in [0, 0.05) is 5.75 Å². The number of carboxylic acids is 1. The maximum atomic E-state index is 12.8. The highest BCUT2D eigenvalue weighted by atomic mass is 32.1. The van der Waals surface area contributed by atoms with E-state index in [9.17, 15) is 29.1 Å². The molecule has 8 N–H and O–H groups in total. The summed E-state index contributed by atoms with van der Waals surface area (Å²) in [7, 11) is 0. The summed E-state index contributed by atoms with van der Waals surface area (Å²) in [5.41, 5.74) is 11.9. The normalized spacial score (nSPS) is 15.2. The van der Waals surface area contributed by atoms with E-state index in [2.05, 4.69) is 28.6 Å². The third kappa shape index (κ3) is 9.40. The molecule has 0 aliphatic heterocycles. The highest BCUT2D eigenvalue weighted by molar-refractivity contribution is 7.80. The van der Waals surface area contributed by atoms with E-state index in [-0.39, 0.29) is 18.1 Å². The number of carbonyl (C=O) groups is 5. The van der Waals surface area contributed by atoms with Crippen molar-refractivity contribution in [2.45, 2.75) is 57.3 Å². The molecule has 5 atom stereocenters. The lowest BCUT2D eigenvalue weighted by atomic mass is 9.97. The first kappa shape index (κ1) is 28.9. The van der Waals surface area contributed by atoms with E-state index in [0.29, 0.717) is 6.42 Å². The molecule has 0 heterocycles. The molecule has 188 valence electrons. The molecule has 0 aliphatic rings. The third-order valence-corrected chi connectivity index (χ3v) is 5.63. The number of nitrogens with two attached hydrogens (primary N) is 2. The number of aliphatic carboxylic acids is 1. The van der Waals surface area contributed by atoms with Crippen molar-refractivity contribution in [2.75, 3.05) is 5.75 Å². The molecule has 0 saturated carbocycles. The van der Waals surface area contributed by atoms with E-state index in [1.165, 1.54) is 0 Å². The molecule has 0 radical (unpaired) electrons.